The molecule has 1 nitrogen and oxygen atoms in total. The molecule has 0 aliphatic heterocycles. The van der Waals surface area contributed by atoms with Crippen molar-refractivity contribution in [1.82, 2.24) is 0 Å². The monoisotopic (exact) mass is 168 g/mol. The van der Waals surface area contributed by atoms with E-state index in [1.165, 1.54) is 0 Å². The van der Waals surface area contributed by atoms with E-state index in [0.29, 0.717) is 10.5 Å². The third-order valence-electron chi connectivity index (χ3n) is 2.06. The number of rotatable bonds is 5. The summed E-state index contributed by atoms with van der Waals surface area (Å²) in [6, 6.07) is 0. The summed E-state index contributed by atoms with van der Waals surface area (Å²) < 4.78 is 5.42. The minimum absolute atomic E-state index is 0.231. The predicted octanol–water partition coefficient (Wildman–Crippen LogP) is 1.22. The van der Waals surface area contributed by atoms with Gasteiger partial charge in [-0.15, -0.1) is 6.58 Å². The molecule has 1 unspecified atom stereocenters. The van der Waals surface area contributed by atoms with Crippen molar-refractivity contribution in [2.24, 2.45) is 5.92 Å². The van der Waals surface area contributed by atoms with Crippen LogP contribution < -0.4 is 0 Å². The predicted molar refractivity (Wildman–Crippen MR) is 53.5 cm³/mol. The van der Waals surface area contributed by atoms with Crippen molar-refractivity contribution in [1.29, 1.82) is 0 Å². The lowest BCUT2D eigenvalue weighted by Gasteiger charge is -2.30. The van der Waals surface area contributed by atoms with Gasteiger partial charge in [-0.25, -0.2) is 0 Å². The Bertz CT molecular complexity index is 155. The zero-order valence-electron chi connectivity index (χ0n) is 7.34. The molecule has 0 rings (SSSR count). The maximum absolute atomic E-state index is 5.42. The molecule has 0 aromatic heterocycles. The molecule has 0 aromatic rings. The highest BCUT2D eigenvalue weighted by Crippen LogP contribution is 2.24. The second kappa shape index (κ2) is 4.31. The second-order valence-corrected chi connectivity index (χ2v) is 2.90. The second-order valence-electron chi connectivity index (χ2n) is 2.49. The average molecular weight is 168 g/mol. The molecule has 0 bridgehead atoms. The van der Waals surface area contributed by atoms with Gasteiger partial charge >= 0.3 is 0 Å². The van der Waals surface area contributed by atoms with Gasteiger partial charge in [-0.05, 0) is 0 Å². The summed E-state index contributed by atoms with van der Waals surface area (Å²) in [5.41, 5.74) is -0.395. The fourth-order valence-electron chi connectivity index (χ4n) is 0.992. The highest BCUT2D eigenvalue weighted by atomic mass is 28.2. The fourth-order valence-corrected chi connectivity index (χ4v) is 1.70. The Labute approximate surface area is 72.0 Å². The lowest BCUT2D eigenvalue weighted by molar-refractivity contribution is 0.148. The molecule has 0 aliphatic carbocycles. The van der Waals surface area contributed by atoms with Crippen molar-refractivity contribution in [3.05, 3.63) is 38.0 Å². The molecule has 0 aliphatic rings. The summed E-state index contributed by atoms with van der Waals surface area (Å²) in [6.07, 6.45) is 5.40. The van der Waals surface area contributed by atoms with Gasteiger partial charge in [0.1, 0.15) is 10.5 Å². The van der Waals surface area contributed by atoms with E-state index >= 15 is 0 Å². The van der Waals surface area contributed by atoms with Crippen LogP contribution in [0.4, 0.5) is 0 Å². The maximum Gasteiger partial charge on any atom is 0.147 e. The van der Waals surface area contributed by atoms with E-state index in [1.54, 1.807) is 12.2 Å². The van der Waals surface area contributed by atoms with E-state index in [4.69, 9.17) is 4.43 Å². The Morgan fingerprint density at radius 2 is 1.82 bits per heavy atom. The van der Waals surface area contributed by atoms with Gasteiger partial charge in [-0.3, -0.25) is 0 Å². The van der Waals surface area contributed by atoms with Gasteiger partial charge in [0.15, 0.2) is 0 Å². The van der Waals surface area contributed by atoms with E-state index in [9.17, 15) is 0 Å². The van der Waals surface area contributed by atoms with Gasteiger partial charge in [0.25, 0.3) is 0 Å². The molecule has 0 aromatic carbocycles. The largest absolute Gasteiger partial charge is 0.415 e. The van der Waals surface area contributed by atoms with Gasteiger partial charge in [-0.1, -0.05) is 38.3 Å². The highest BCUT2D eigenvalue weighted by molar-refractivity contribution is 5.98. The first kappa shape index (κ1) is 10.4. The normalized spacial score (nSPS) is 13.9. The standard InChI is InChI=1S/C9H16OSi/c1-5-8(4)9(6-2,7-3)10-11/h5-8H,1-3H2,4,11H3. The molecule has 0 heterocycles. The Morgan fingerprint density at radius 3 is 1.91 bits per heavy atom. The van der Waals surface area contributed by atoms with Crippen LogP contribution in [0.3, 0.4) is 0 Å². The molecular formula is C9H16OSi. The molecule has 0 saturated heterocycles. The third-order valence-corrected chi connectivity index (χ3v) is 2.76. The van der Waals surface area contributed by atoms with Crippen LogP contribution in [0.1, 0.15) is 6.92 Å². The van der Waals surface area contributed by atoms with Gasteiger partial charge < -0.3 is 4.43 Å². The van der Waals surface area contributed by atoms with E-state index in [0.717, 1.165) is 0 Å². The first-order valence-corrected chi connectivity index (χ1v) is 4.43. The van der Waals surface area contributed by atoms with E-state index in [2.05, 4.69) is 19.7 Å². The molecule has 0 saturated carbocycles. The number of hydrogen-bond acceptors (Lipinski definition) is 1. The smallest absolute Gasteiger partial charge is 0.147 e. The Hall–Kier alpha value is -0.603. The van der Waals surface area contributed by atoms with E-state index < -0.39 is 5.60 Å². The maximum atomic E-state index is 5.42. The quantitative estimate of drug-likeness (QED) is 0.443. The average Bonchev–Trinajstić information content (AvgIpc) is 2.08. The Balaban J connectivity index is 4.65. The highest BCUT2D eigenvalue weighted by Gasteiger charge is 2.26. The van der Waals surface area contributed by atoms with Crippen molar-refractivity contribution >= 4 is 10.5 Å². The van der Waals surface area contributed by atoms with Crippen LogP contribution in [0.25, 0.3) is 0 Å². The van der Waals surface area contributed by atoms with Crippen LogP contribution in [0.2, 0.25) is 0 Å². The molecule has 62 valence electrons. The molecule has 11 heavy (non-hydrogen) atoms. The Kier molecular flexibility index (Phi) is 4.07. The van der Waals surface area contributed by atoms with E-state index in [-0.39, 0.29) is 5.92 Å². The Morgan fingerprint density at radius 1 is 1.36 bits per heavy atom. The van der Waals surface area contributed by atoms with Gasteiger partial charge in [0, 0.05) is 5.92 Å². The van der Waals surface area contributed by atoms with Crippen molar-refractivity contribution < 1.29 is 4.43 Å². The van der Waals surface area contributed by atoms with Crippen LogP contribution >= 0.6 is 0 Å². The van der Waals surface area contributed by atoms with Crippen LogP contribution in [0.15, 0.2) is 38.0 Å². The van der Waals surface area contributed by atoms with Crippen LogP contribution in [-0.4, -0.2) is 16.1 Å². The minimum Gasteiger partial charge on any atom is -0.415 e. The fraction of sp³-hybridized carbons (Fsp3) is 0.333. The molecule has 1 atom stereocenters. The van der Waals surface area contributed by atoms with Crippen LogP contribution in [0.5, 0.6) is 0 Å². The molecule has 0 amide bonds. The molecular weight excluding hydrogens is 152 g/mol. The molecule has 2 heteroatoms. The number of hydrogen-bond donors (Lipinski definition) is 0. The van der Waals surface area contributed by atoms with Crippen LogP contribution in [-0.2, 0) is 4.43 Å². The summed E-state index contributed by atoms with van der Waals surface area (Å²) >= 11 is 0. The van der Waals surface area contributed by atoms with Gasteiger partial charge in [0.05, 0.1) is 5.60 Å². The van der Waals surface area contributed by atoms with Gasteiger partial charge in [0.2, 0.25) is 0 Å². The summed E-state index contributed by atoms with van der Waals surface area (Å²) in [5.74, 6) is 0.231. The summed E-state index contributed by atoms with van der Waals surface area (Å²) in [7, 11) is 0.678. The zero-order valence-corrected chi connectivity index (χ0v) is 9.34. The lowest BCUT2D eigenvalue weighted by Crippen LogP contribution is -2.33. The molecule has 0 radical (unpaired) electrons. The van der Waals surface area contributed by atoms with Crippen molar-refractivity contribution in [2.75, 3.05) is 0 Å². The lowest BCUT2D eigenvalue weighted by atomic mass is 9.89. The van der Waals surface area contributed by atoms with Crippen LogP contribution in [0, 0.1) is 5.92 Å². The molecule has 0 fully saturated rings. The van der Waals surface area contributed by atoms with E-state index in [1.807, 2.05) is 13.0 Å². The first-order chi connectivity index (χ1) is 5.16. The summed E-state index contributed by atoms with van der Waals surface area (Å²) in [5, 5.41) is 0. The van der Waals surface area contributed by atoms with Crippen molar-refractivity contribution in [3.63, 3.8) is 0 Å². The molecule has 0 N–H and O–H groups in total. The van der Waals surface area contributed by atoms with Crippen molar-refractivity contribution in [3.8, 4) is 0 Å². The summed E-state index contributed by atoms with van der Waals surface area (Å²) in [4.78, 5) is 0. The van der Waals surface area contributed by atoms with Gasteiger partial charge in [-0.2, -0.15) is 0 Å². The minimum atomic E-state index is -0.395. The molecule has 0 spiro atoms. The van der Waals surface area contributed by atoms with Crippen molar-refractivity contribution in [2.45, 2.75) is 12.5 Å². The third kappa shape index (κ3) is 1.91. The topological polar surface area (TPSA) is 9.23 Å². The summed E-state index contributed by atoms with van der Waals surface area (Å²) in [6.45, 7) is 13.2. The zero-order chi connectivity index (χ0) is 8.91. The first-order valence-electron chi connectivity index (χ1n) is 3.61. The SMILES string of the molecule is C=CC(C)C(C=C)(C=C)O[SiH3].